The highest BCUT2D eigenvalue weighted by molar-refractivity contribution is 5.69. The average Bonchev–Trinajstić information content (AvgIpc) is 2.31. The summed E-state index contributed by atoms with van der Waals surface area (Å²) in [6.45, 7) is 6.49. The Hall–Kier alpha value is -0.790. The molecule has 0 rings (SSSR count). The topological polar surface area (TPSA) is 37.3 Å². The van der Waals surface area contributed by atoms with Crippen LogP contribution in [0.15, 0.2) is 12.2 Å². The third-order valence-electron chi connectivity index (χ3n) is 3.26. The number of rotatable bonds is 11. The first-order valence-corrected chi connectivity index (χ1v) is 7.45. The zero-order valence-electron chi connectivity index (χ0n) is 12.3. The summed E-state index contributed by atoms with van der Waals surface area (Å²) >= 11 is 0. The molecule has 0 fully saturated rings. The van der Waals surface area contributed by atoms with Crippen molar-refractivity contribution in [2.24, 2.45) is 11.8 Å². The molecule has 0 aromatic rings. The van der Waals surface area contributed by atoms with Crippen molar-refractivity contribution in [3.63, 3.8) is 0 Å². The number of aliphatic carboxylic acids is 1. The molecule has 1 N–H and O–H groups in total. The molecule has 1 atom stereocenters. The maximum atomic E-state index is 11.1. The Bertz CT molecular complexity index is 231. The molecule has 0 aromatic carbocycles. The fourth-order valence-corrected chi connectivity index (χ4v) is 1.97. The molecule has 0 spiro atoms. The summed E-state index contributed by atoms with van der Waals surface area (Å²) in [5.41, 5.74) is 0. The van der Waals surface area contributed by atoms with Crippen LogP contribution in [0.1, 0.15) is 72.1 Å². The van der Waals surface area contributed by atoms with E-state index in [-0.39, 0.29) is 5.92 Å². The molecule has 0 amide bonds. The molecule has 106 valence electrons. The van der Waals surface area contributed by atoms with Crippen LogP contribution in [0.4, 0.5) is 0 Å². The summed E-state index contributed by atoms with van der Waals surface area (Å²) in [6, 6.07) is 0. The Morgan fingerprint density at radius 1 is 1.06 bits per heavy atom. The normalized spacial score (nSPS) is 13.3. The van der Waals surface area contributed by atoms with Crippen molar-refractivity contribution in [1.82, 2.24) is 0 Å². The zero-order valence-corrected chi connectivity index (χ0v) is 12.3. The van der Waals surface area contributed by atoms with Gasteiger partial charge in [0.2, 0.25) is 0 Å². The number of carboxylic acids is 1. The monoisotopic (exact) mass is 254 g/mol. The van der Waals surface area contributed by atoms with Gasteiger partial charge in [-0.3, -0.25) is 4.79 Å². The Labute approximate surface area is 112 Å². The maximum absolute atomic E-state index is 11.1. The zero-order chi connectivity index (χ0) is 13.8. The average molecular weight is 254 g/mol. The molecule has 0 aliphatic heterocycles. The summed E-state index contributed by atoms with van der Waals surface area (Å²) in [6.07, 6.45) is 12.8. The lowest BCUT2D eigenvalue weighted by atomic mass is 9.93. The largest absolute Gasteiger partial charge is 0.481 e. The fraction of sp³-hybridized carbons (Fsp3) is 0.812. The summed E-state index contributed by atoms with van der Waals surface area (Å²) in [5, 5.41) is 9.14. The van der Waals surface area contributed by atoms with E-state index in [9.17, 15) is 4.79 Å². The first-order valence-electron chi connectivity index (χ1n) is 7.45. The third kappa shape index (κ3) is 10.4. The number of hydrogen-bond donors (Lipinski definition) is 1. The number of carboxylic acid groups (broad SMARTS) is 1. The van der Waals surface area contributed by atoms with E-state index in [0.717, 1.165) is 38.5 Å². The maximum Gasteiger partial charge on any atom is 0.306 e. The molecular formula is C16H30O2. The van der Waals surface area contributed by atoms with Gasteiger partial charge in [-0.15, -0.1) is 0 Å². The van der Waals surface area contributed by atoms with E-state index in [2.05, 4.69) is 32.9 Å². The van der Waals surface area contributed by atoms with Crippen molar-refractivity contribution in [2.45, 2.75) is 72.1 Å². The third-order valence-corrected chi connectivity index (χ3v) is 3.26. The summed E-state index contributed by atoms with van der Waals surface area (Å²) in [4.78, 5) is 11.1. The van der Waals surface area contributed by atoms with Gasteiger partial charge >= 0.3 is 5.97 Å². The van der Waals surface area contributed by atoms with Gasteiger partial charge in [-0.25, -0.2) is 0 Å². The molecular weight excluding hydrogens is 224 g/mol. The molecule has 2 nitrogen and oxygen atoms in total. The SMILES string of the molecule is CCCC/C=C/CCCC(CCC(C)C)C(=O)O. The van der Waals surface area contributed by atoms with Gasteiger partial charge in [0.15, 0.2) is 0 Å². The predicted octanol–water partition coefficient (Wildman–Crippen LogP) is 5.04. The van der Waals surface area contributed by atoms with Gasteiger partial charge in [-0.2, -0.15) is 0 Å². The van der Waals surface area contributed by atoms with E-state index in [1.54, 1.807) is 0 Å². The minimum Gasteiger partial charge on any atom is -0.481 e. The van der Waals surface area contributed by atoms with Crippen LogP contribution in [-0.4, -0.2) is 11.1 Å². The lowest BCUT2D eigenvalue weighted by molar-refractivity contribution is -0.142. The van der Waals surface area contributed by atoms with Crippen LogP contribution >= 0.6 is 0 Å². The van der Waals surface area contributed by atoms with Crippen molar-refractivity contribution in [3.8, 4) is 0 Å². The van der Waals surface area contributed by atoms with Gasteiger partial charge in [0.25, 0.3) is 0 Å². The Kier molecular flexibility index (Phi) is 10.8. The Morgan fingerprint density at radius 2 is 1.67 bits per heavy atom. The summed E-state index contributed by atoms with van der Waals surface area (Å²) in [5.74, 6) is -0.164. The van der Waals surface area contributed by atoms with E-state index >= 15 is 0 Å². The van der Waals surface area contributed by atoms with E-state index < -0.39 is 5.97 Å². The number of carbonyl (C=O) groups is 1. The molecule has 0 radical (unpaired) electrons. The first-order chi connectivity index (χ1) is 8.57. The van der Waals surface area contributed by atoms with Crippen molar-refractivity contribution in [2.75, 3.05) is 0 Å². The minimum atomic E-state index is -0.620. The van der Waals surface area contributed by atoms with Crippen molar-refractivity contribution in [3.05, 3.63) is 12.2 Å². The van der Waals surface area contributed by atoms with Crippen LogP contribution in [0, 0.1) is 11.8 Å². The molecule has 0 saturated heterocycles. The van der Waals surface area contributed by atoms with Gasteiger partial charge in [0.1, 0.15) is 0 Å². The van der Waals surface area contributed by atoms with Gasteiger partial charge in [-0.1, -0.05) is 52.2 Å². The van der Waals surface area contributed by atoms with Crippen LogP contribution in [-0.2, 0) is 4.79 Å². The van der Waals surface area contributed by atoms with Gasteiger partial charge in [-0.05, 0) is 38.0 Å². The van der Waals surface area contributed by atoms with Crippen LogP contribution in [0.5, 0.6) is 0 Å². The van der Waals surface area contributed by atoms with Crippen LogP contribution < -0.4 is 0 Å². The van der Waals surface area contributed by atoms with Crippen molar-refractivity contribution >= 4 is 5.97 Å². The van der Waals surface area contributed by atoms with E-state index in [1.807, 2.05) is 0 Å². The molecule has 0 heterocycles. The minimum absolute atomic E-state index is 0.142. The second kappa shape index (κ2) is 11.3. The second-order valence-corrected chi connectivity index (χ2v) is 5.55. The number of hydrogen-bond acceptors (Lipinski definition) is 1. The van der Waals surface area contributed by atoms with Gasteiger partial charge < -0.3 is 5.11 Å². The van der Waals surface area contributed by atoms with Crippen molar-refractivity contribution < 1.29 is 9.90 Å². The summed E-state index contributed by atoms with van der Waals surface area (Å²) < 4.78 is 0. The number of allylic oxidation sites excluding steroid dienone is 2. The van der Waals surface area contributed by atoms with E-state index in [4.69, 9.17) is 5.11 Å². The molecule has 0 aliphatic carbocycles. The van der Waals surface area contributed by atoms with Gasteiger partial charge in [0.05, 0.1) is 5.92 Å². The van der Waals surface area contributed by atoms with Crippen LogP contribution in [0.3, 0.4) is 0 Å². The van der Waals surface area contributed by atoms with Crippen molar-refractivity contribution in [1.29, 1.82) is 0 Å². The van der Waals surface area contributed by atoms with Crippen LogP contribution in [0.2, 0.25) is 0 Å². The highest BCUT2D eigenvalue weighted by Gasteiger charge is 2.16. The Balaban J connectivity index is 3.70. The smallest absolute Gasteiger partial charge is 0.306 e. The highest BCUT2D eigenvalue weighted by atomic mass is 16.4. The molecule has 1 unspecified atom stereocenters. The number of unbranched alkanes of at least 4 members (excludes halogenated alkanes) is 3. The van der Waals surface area contributed by atoms with E-state index in [1.165, 1.54) is 12.8 Å². The standard InChI is InChI=1S/C16H30O2/c1-4-5-6-7-8-9-10-11-15(16(17)18)13-12-14(2)3/h7-8,14-15H,4-6,9-13H2,1-3H3,(H,17,18)/b8-7+. The quantitative estimate of drug-likeness (QED) is 0.414. The first kappa shape index (κ1) is 17.2. The van der Waals surface area contributed by atoms with E-state index in [0.29, 0.717) is 5.92 Å². The van der Waals surface area contributed by atoms with Gasteiger partial charge in [0, 0.05) is 0 Å². The lowest BCUT2D eigenvalue weighted by Crippen LogP contribution is -2.14. The molecule has 0 bridgehead atoms. The molecule has 2 heteroatoms. The molecule has 0 saturated carbocycles. The molecule has 18 heavy (non-hydrogen) atoms. The second-order valence-electron chi connectivity index (χ2n) is 5.55. The predicted molar refractivity (Wildman–Crippen MR) is 77.7 cm³/mol. The Morgan fingerprint density at radius 3 is 2.17 bits per heavy atom. The molecule has 0 aliphatic rings. The molecule has 0 aromatic heterocycles. The highest BCUT2D eigenvalue weighted by Crippen LogP contribution is 2.18. The lowest BCUT2D eigenvalue weighted by Gasteiger charge is -2.12. The van der Waals surface area contributed by atoms with Crippen LogP contribution in [0.25, 0.3) is 0 Å². The fourth-order valence-electron chi connectivity index (χ4n) is 1.97. The summed E-state index contributed by atoms with van der Waals surface area (Å²) in [7, 11) is 0.